The Balaban J connectivity index is 2.22. The second kappa shape index (κ2) is 8.49. The molecule has 1 aliphatic heterocycles. The molecule has 2 atom stereocenters. The van der Waals surface area contributed by atoms with E-state index >= 15 is 0 Å². The molecule has 0 aliphatic carbocycles. The number of rotatable bonds is 5. The van der Waals surface area contributed by atoms with E-state index in [4.69, 9.17) is 18.9 Å². The number of ether oxygens (including phenoxy) is 4. The molecule has 28 heavy (non-hydrogen) atoms. The fourth-order valence-corrected chi connectivity index (χ4v) is 2.74. The van der Waals surface area contributed by atoms with E-state index in [1.165, 1.54) is 0 Å². The van der Waals surface area contributed by atoms with Gasteiger partial charge in [0.25, 0.3) is 0 Å². The van der Waals surface area contributed by atoms with Crippen LogP contribution in [0.2, 0.25) is 0 Å². The van der Waals surface area contributed by atoms with Gasteiger partial charge in [-0.3, -0.25) is 0 Å². The number of hydrogen-bond acceptors (Lipinski definition) is 6. The molecule has 7 heteroatoms. The summed E-state index contributed by atoms with van der Waals surface area (Å²) in [6.45, 7) is 10.9. The molecule has 1 amide bonds. The van der Waals surface area contributed by atoms with Gasteiger partial charge in [0.1, 0.15) is 17.3 Å². The van der Waals surface area contributed by atoms with Crippen LogP contribution in [0.4, 0.5) is 4.79 Å². The average molecular weight is 393 g/mol. The van der Waals surface area contributed by atoms with Crippen LogP contribution in [0.3, 0.4) is 0 Å². The molecular formula is C21H31NO6. The fourth-order valence-electron chi connectivity index (χ4n) is 2.74. The van der Waals surface area contributed by atoms with Crippen molar-refractivity contribution >= 4 is 12.1 Å². The summed E-state index contributed by atoms with van der Waals surface area (Å²) in [5.41, 5.74) is -1.97. The predicted molar refractivity (Wildman–Crippen MR) is 104 cm³/mol. The van der Waals surface area contributed by atoms with E-state index in [-0.39, 0.29) is 19.8 Å². The molecule has 1 aromatic rings. The Morgan fingerprint density at radius 1 is 1.07 bits per heavy atom. The van der Waals surface area contributed by atoms with Gasteiger partial charge in [-0.1, -0.05) is 30.3 Å². The average Bonchev–Trinajstić information content (AvgIpc) is 2.94. The Morgan fingerprint density at radius 3 is 2.25 bits per heavy atom. The second-order valence-corrected chi connectivity index (χ2v) is 8.90. The minimum Gasteiger partial charge on any atom is -0.458 e. The third kappa shape index (κ3) is 6.21. The highest BCUT2D eigenvalue weighted by Gasteiger charge is 2.55. The normalized spacial score (nSPS) is 22.6. The monoisotopic (exact) mass is 393 g/mol. The van der Waals surface area contributed by atoms with Gasteiger partial charge in [-0.25, -0.2) is 9.59 Å². The van der Waals surface area contributed by atoms with Gasteiger partial charge in [0.2, 0.25) is 0 Å². The van der Waals surface area contributed by atoms with E-state index in [0.29, 0.717) is 0 Å². The lowest BCUT2D eigenvalue weighted by atomic mass is 9.95. The summed E-state index contributed by atoms with van der Waals surface area (Å²) in [5.74, 6) is -0.610. The van der Waals surface area contributed by atoms with Crippen LogP contribution >= 0.6 is 0 Å². The summed E-state index contributed by atoms with van der Waals surface area (Å²) >= 11 is 0. The van der Waals surface area contributed by atoms with Crippen molar-refractivity contribution in [3.05, 3.63) is 35.9 Å². The predicted octanol–water partition coefficient (Wildman–Crippen LogP) is 3.21. The first kappa shape index (κ1) is 22.2. The lowest BCUT2D eigenvalue weighted by Crippen LogP contribution is -2.64. The highest BCUT2D eigenvalue weighted by atomic mass is 16.6. The van der Waals surface area contributed by atoms with E-state index in [2.05, 4.69) is 5.32 Å². The number of nitrogens with one attached hydrogen (secondary N) is 1. The summed E-state index contributed by atoms with van der Waals surface area (Å²) in [7, 11) is 0. The van der Waals surface area contributed by atoms with Crippen molar-refractivity contribution in [2.24, 2.45) is 0 Å². The standard InChI is InChI=1S/C21H31NO6/c1-19(2,3)27-17(23)21(22-18(24)28-20(4,5)6)14-25-13-16(21)26-12-15-10-8-7-9-11-15/h7-11,16H,12-14H2,1-6H3,(H,22,24)/t16-,21+/m0/s1. The Morgan fingerprint density at radius 2 is 1.68 bits per heavy atom. The molecule has 1 heterocycles. The van der Waals surface area contributed by atoms with Gasteiger partial charge in [-0.15, -0.1) is 0 Å². The molecule has 0 unspecified atom stereocenters. The van der Waals surface area contributed by atoms with Crippen molar-refractivity contribution in [3.8, 4) is 0 Å². The molecule has 1 aromatic carbocycles. The molecule has 0 saturated carbocycles. The van der Waals surface area contributed by atoms with Crippen LogP contribution in [-0.2, 0) is 30.3 Å². The quantitative estimate of drug-likeness (QED) is 0.774. The van der Waals surface area contributed by atoms with Gasteiger partial charge in [0.05, 0.1) is 19.8 Å². The number of benzene rings is 1. The van der Waals surface area contributed by atoms with E-state index in [0.717, 1.165) is 5.56 Å². The number of alkyl carbamates (subject to hydrolysis) is 1. The van der Waals surface area contributed by atoms with Crippen molar-refractivity contribution in [3.63, 3.8) is 0 Å². The van der Waals surface area contributed by atoms with E-state index in [1.54, 1.807) is 41.5 Å². The van der Waals surface area contributed by atoms with Crippen LogP contribution in [0, 0.1) is 0 Å². The summed E-state index contributed by atoms with van der Waals surface area (Å²) in [4.78, 5) is 25.5. The van der Waals surface area contributed by atoms with Gasteiger partial charge in [0.15, 0.2) is 5.54 Å². The molecule has 1 fully saturated rings. The maximum Gasteiger partial charge on any atom is 0.408 e. The molecule has 0 spiro atoms. The first-order valence-electron chi connectivity index (χ1n) is 9.39. The number of amides is 1. The zero-order valence-electron chi connectivity index (χ0n) is 17.5. The Kier molecular flexibility index (Phi) is 6.72. The topological polar surface area (TPSA) is 83.1 Å². The fraction of sp³-hybridized carbons (Fsp3) is 0.619. The first-order chi connectivity index (χ1) is 12.9. The Bertz CT molecular complexity index is 676. The molecule has 1 N–H and O–H groups in total. The van der Waals surface area contributed by atoms with Gasteiger partial charge in [-0.2, -0.15) is 0 Å². The maximum absolute atomic E-state index is 13.1. The number of carbonyl (C=O) groups is 2. The summed E-state index contributed by atoms with van der Waals surface area (Å²) in [6, 6.07) is 9.57. The van der Waals surface area contributed by atoms with Crippen LogP contribution in [0.15, 0.2) is 30.3 Å². The highest BCUT2D eigenvalue weighted by molar-refractivity contribution is 5.87. The van der Waals surface area contributed by atoms with Crippen molar-refractivity contribution in [2.75, 3.05) is 13.2 Å². The summed E-state index contributed by atoms with van der Waals surface area (Å²) in [5, 5.41) is 2.67. The zero-order chi connectivity index (χ0) is 21.0. The Hall–Kier alpha value is -2.12. The van der Waals surface area contributed by atoms with Crippen molar-refractivity contribution in [1.82, 2.24) is 5.32 Å². The highest BCUT2D eigenvalue weighted by Crippen LogP contribution is 2.28. The lowest BCUT2D eigenvalue weighted by Gasteiger charge is -2.35. The molecule has 156 valence electrons. The summed E-state index contributed by atoms with van der Waals surface area (Å²) < 4.78 is 22.4. The first-order valence-corrected chi connectivity index (χ1v) is 9.39. The Labute approximate surface area is 166 Å². The third-order valence-electron chi connectivity index (χ3n) is 3.93. The SMILES string of the molecule is CC(C)(C)OC(=O)N[C@]1(C(=O)OC(C)(C)C)COC[C@@H]1OCc1ccccc1. The lowest BCUT2D eigenvalue weighted by molar-refractivity contribution is -0.168. The maximum atomic E-state index is 13.1. The third-order valence-corrected chi connectivity index (χ3v) is 3.93. The summed E-state index contributed by atoms with van der Waals surface area (Å²) in [6.07, 6.45) is -1.44. The minimum absolute atomic E-state index is 0.0549. The van der Waals surface area contributed by atoms with Crippen molar-refractivity contribution in [2.45, 2.75) is 71.0 Å². The van der Waals surface area contributed by atoms with Crippen molar-refractivity contribution < 1.29 is 28.5 Å². The van der Waals surface area contributed by atoms with E-state index < -0.39 is 34.9 Å². The van der Waals surface area contributed by atoms with Gasteiger partial charge >= 0.3 is 12.1 Å². The zero-order valence-corrected chi connectivity index (χ0v) is 17.5. The minimum atomic E-state index is -1.48. The van der Waals surface area contributed by atoms with Crippen LogP contribution in [0.25, 0.3) is 0 Å². The number of hydrogen-bond donors (Lipinski definition) is 1. The smallest absolute Gasteiger partial charge is 0.408 e. The number of esters is 1. The van der Waals surface area contributed by atoms with E-state index in [9.17, 15) is 9.59 Å². The molecule has 7 nitrogen and oxygen atoms in total. The van der Waals surface area contributed by atoms with Crippen LogP contribution in [-0.4, -0.2) is 48.1 Å². The molecule has 0 aromatic heterocycles. The largest absolute Gasteiger partial charge is 0.458 e. The van der Waals surface area contributed by atoms with Gasteiger partial charge in [-0.05, 0) is 47.1 Å². The van der Waals surface area contributed by atoms with Crippen molar-refractivity contribution in [1.29, 1.82) is 0 Å². The van der Waals surface area contributed by atoms with E-state index in [1.807, 2.05) is 30.3 Å². The molecule has 1 aliphatic rings. The van der Waals surface area contributed by atoms with Crippen LogP contribution < -0.4 is 5.32 Å². The molecule has 0 bridgehead atoms. The second-order valence-electron chi connectivity index (χ2n) is 8.90. The molecular weight excluding hydrogens is 362 g/mol. The van der Waals surface area contributed by atoms with Crippen LogP contribution in [0.5, 0.6) is 0 Å². The number of carbonyl (C=O) groups excluding carboxylic acids is 2. The van der Waals surface area contributed by atoms with Gasteiger partial charge in [0, 0.05) is 0 Å². The van der Waals surface area contributed by atoms with Crippen LogP contribution in [0.1, 0.15) is 47.1 Å². The van der Waals surface area contributed by atoms with Gasteiger partial charge < -0.3 is 24.3 Å². The molecule has 2 rings (SSSR count). The molecule has 1 saturated heterocycles. The molecule has 0 radical (unpaired) electrons.